The molecule has 1 nitrogen and oxygen atoms in total. The first-order valence-electron chi connectivity index (χ1n) is 6.30. The van der Waals surface area contributed by atoms with Crippen molar-refractivity contribution in [3.8, 4) is 0 Å². The van der Waals surface area contributed by atoms with Crippen molar-refractivity contribution in [1.29, 1.82) is 0 Å². The number of halogens is 1. The molecule has 3 heteroatoms. The van der Waals surface area contributed by atoms with Gasteiger partial charge in [-0.1, -0.05) is 12.8 Å². The lowest BCUT2D eigenvalue weighted by molar-refractivity contribution is 0.610. The topological polar surface area (TPSA) is 26.0 Å². The van der Waals surface area contributed by atoms with Crippen LogP contribution in [-0.2, 0) is 0 Å². The molecule has 0 bridgehead atoms. The van der Waals surface area contributed by atoms with E-state index < -0.39 is 0 Å². The monoisotopic (exact) mass is 253 g/mol. The molecule has 1 aliphatic rings. The molecule has 0 heterocycles. The van der Waals surface area contributed by atoms with E-state index in [1.165, 1.54) is 30.6 Å². The SMILES string of the molecule is Cc1cc(SC2CCCC2)c([C@H](C)N)cc1F. The summed E-state index contributed by atoms with van der Waals surface area (Å²) in [5.41, 5.74) is 7.59. The van der Waals surface area contributed by atoms with Gasteiger partial charge in [-0.25, -0.2) is 4.39 Å². The average molecular weight is 253 g/mol. The van der Waals surface area contributed by atoms with Crippen molar-refractivity contribution in [1.82, 2.24) is 0 Å². The van der Waals surface area contributed by atoms with E-state index in [0.29, 0.717) is 5.25 Å². The number of benzene rings is 1. The predicted octanol–water partition coefficient (Wildman–Crippen LogP) is 4.19. The van der Waals surface area contributed by atoms with Crippen molar-refractivity contribution in [3.05, 3.63) is 29.1 Å². The molecule has 0 radical (unpaired) electrons. The Morgan fingerprint density at radius 3 is 2.59 bits per heavy atom. The van der Waals surface area contributed by atoms with Crippen molar-refractivity contribution in [2.45, 2.75) is 55.7 Å². The van der Waals surface area contributed by atoms with Crippen molar-refractivity contribution >= 4 is 11.8 Å². The highest BCUT2D eigenvalue weighted by molar-refractivity contribution is 8.00. The van der Waals surface area contributed by atoms with E-state index in [9.17, 15) is 4.39 Å². The molecule has 1 aliphatic carbocycles. The Morgan fingerprint density at radius 2 is 2.00 bits per heavy atom. The van der Waals surface area contributed by atoms with Crippen LogP contribution >= 0.6 is 11.8 Å². The van der Waals surface area contributed by atoms with Crippen molar-refractivity contribution in [2.24, 2.45) is 5.73 Å². The van der Waals surface area contributed by atoms with Crippen molar-refractivity contribution < 1.29 is 4.39 Å². The zero-order valence-corrected chi connectivity index (χ0v) is 11.3. The summed E-state index contributed by atoms with van der Waals surface area (Å²) in [6, 6.07) is 3.46. The van der Waals surface area contributed by atoms with Gasteiger partial charge in [-0.05, 0) is 49.9 Å². The van der Waals surface area contributed by atoms with Crippen LogP contribution in [-0.4, -0.2) is 5.25 Å². The third kappa shape index (κ3) is 3.02. The van der Waals surface area contributed by atoms with E-state index in [1.54, 1.807) is 6.07 Å². The molecule has 0 aromatic heterocycles. The molecule has 0 unspecified atom stereocenters. The molecule has 1 aromatic carbocycles. The van der Waals surface area contributed by atoms with E-state index in [1.807, 2.05) is 31.7 Å². The highest BCUT2D eigenvalue weighted by Crippen LogP contribution is 2.38. The molecule has 2 rings (SSSR count). The van der Waals surface area contributed by atoms with Crippen LogP contribution in [0.1, 0.15) is 49.8 Å². The van der Waals surface area contributed by atoms with Gasteiger partial charge in [0.1, 0.15) is 5.82 Å². The van der Waals surface area contributed by atoms with Gasteiger partial charge in [-0.2, -0.15) is 0 Å². The molecule has 0 spiro atoms. The number of hydrogen-bond donors (Lipinski definition) is 1. The van der Waals surface area contributed by atoms with E-state index in [0.717, 1.165) is 11.1 Å². The maximum Gasteiger partial charge on any atom is 0.126 e. The number of thioether (sulfide) groups is 1. The van der Waals surface area contributed by atoms with Gasteiger partial charge in [0.15, 0.2) is 0 Å². The summed E-state index contributed by atoms with van der Waals surface area (Å²) in [5, 5.41) is 0.692. The summed E-state index contributed by atoms with van der Waals surface area (Å²) in [6.45, 7) is 3.74. The fourth-order valence-corrected chi connectivity index (χ4v) is 3.87. The second-order valence-electron chi connectivity index (χ2n) is 4.95. The van der Waals surface area contributed by atoms with Crippen LogP contribution in [0.15, 0.2) is 17.0 Å². The maximum absolute atomic E-state index is 13.6. The normalized spacial score (nSPS) is 18.6. The van der Waals surface area contributed by atoms with E-state index in [-0.39, 0.29) is 11.9 Å². The second-order valence-corrected chi connectivity index (χ2v) is 6.29. The Kier molecular flexibility index (Phi) is 4.10. The van der Waals surface area contributed by atoms with Crippen molar-refractivity contribution in [2.75, 3.05) is 0 Å². The highest BCUT2D eigenvalue weighted by atomic mass is 32.2. The summed E-state index contributed by atoms with van der Waals surface area (Å²) in [6.07, 6.45) is 5.20. The molecule has 0 saturated heterocycles. The molecule has 17 heavy (non-hydrogen) atoms. The predicted molar refractivity (Wildman–Crippen MR) is 71.9 cm³/mol. The van der Waals surface area contributed by atoms with E-state index in [2.05, 4.69) is 0 Å². The van der Waals surface area contributed by atoms with E-state index >= 15 is 0 Å². The number of nitrogens with two attached hydrogens (primary N) is 1. The molecular formula is C14H20FNS. The zero-order chi connectivity index (χ0) is 12.4. The quantitative estimate of drug-likeness (QED) is 0.874. The third-order valence-electron chi connectivity index (χ3n) is 3.38. The Hall–Kier alpha value is -0.540. The standard InChI is InChI=1S/C14H20FNS/c1-9-7-14(17-11-5-3-4-6-11)12(10(2)16)8-13(9)15/h7-8,10-11H,3-6,16H2,1-2H3/t10-/m0/s1. The number of rotatable bonds is 3. The number of aryl methyl sites for hydroxylation is 1. The van der Waals surface area contributed by atoms with Gasteiger partial charge in [0, 0.05) is 16.2 Å². The van der Waals surface area contributed by atoms with Crippen LogP contribution in [0.3, 0.4) is 0 Å². The lowest BCUT2D eigenvalue weighted by atomic mass is 10.1. The van der Waals surface area contributed by atoms with Gasteiger partial charge in [-0.15, -0.1) is 11.8 Å². The van der Waals surface area contributed by atoms with Gasteiger partial charge in [0.25, 0.3) is 0 Å². The first-order chi connectivity index (χ1) is 8.08. The minimum atomic E-state index is -0.145. The molecular weight excluding hydrogens is 233 g/mol. The Labute approximate surface area is 107 Å². The van der Waals surface area contributed by atoms with Gasteiger partial charge in [-0.3, -0.25) is 0 Å². The largest absolute Gasteiger partial charge is 0.324 e. The Morgan fingerprint density at radius 1 is 1.35 bits per heavy atom. The van der Waals surface area contributed by atoms with Crippen LogP contribution in [0, 0.1) is 12.7 Å². The maximum atomic E-state index is 13.6. The van der Waals surface area contributed by atoms with Crippen LogP contribution in [0.5, 0.6) is 0 Å². The van der Waals surface area contributed by atoms with Crippen molar-refractivity contribution in [3.63, 3.8) is 0 Å². The summed E-state index contributed by atoms with van der Waals surface area (Å²) < 4.78 is 13.6. The fraction of sp³-hybridized carbons (Fsp3) is 0.571. The summed E-state index contributed by atoms with van der Waals surface area (Å²) in [7, 11) is 0. The summed E-state index contributed by atoms with van der Waals surface area (Å²) >= 11 is 1.88. The Bertz CT molecular complexity index is 397. The minimum absolute atomic E-state index is 0.103. The number of hydrogen-bond acceptors (Lipinski definition) is 2. The Balaban J connectivity index is 2.26. The van der Waals surface area contributed by atoms with Gasteiger partial charge >= 0.3 is 0 Å². The second kappa shape index (κ2) is 5.40. The first kappa shape index (κ1) is 12.9. The lowest BCUT2D eigenvalue weighted by Crippen LogP contribution is -2.08. The highest BCUT2D eigenvalue weighted by Gasteiger charge is 2.19. The van der Waals surface area contributed by atoms with Crippen LogP contribution < -0.4 is 5.73 Å². The fourth-order valence-electron chi connectivity index (χ4n) is 2.31. The smallest absolute Gasteiger partial charge is 0.126 e. The molecule has 1 atom stereocenters. The molecule has 1 aromatic rings. The minimum Gasteiger partial charge on any atom is -0.324 e. The van der Waals surface area contributed by atoms with Gasteiger partial charge < -0.3 is 5.73 Å². The molecule has 1 saturated carbocycles. The first-order valence-corrected chi connectivity index (χ1v) is 7.18. The molecule has 0 aliphatic heterocycles. The lowest BCUT2D eigenvalue weighted by Gasteiger charge is -2.17. The zero-order valence-electron chi connectivity index (χ0n) is 10.5. The molecule has 94 valence electrons. The summed E-state index contributed by atoms with van der Waals surface area (Å²) in [5.74, 6) is -0.145. The molecule has 2 N–H and O–H groups in total. The molecule has 1 fully saturated rings. The average Bonchev–Trinajstić information content (AvgIpc) is 2.75. The third-order valence-corrected chi connectivity index (χ3v) is 4.79. The van der Waals surface area contributed by atoms with Crippen LogP contribution in [0.2, 0.25) is 0 Å². The summed E-state index contributed by atoms with van der Waals surface area (Å²) in [4.78, 5) is 1.17. The van der Waals surface area contributed by atoms with Gasteiger partial charge in [0.05, 0.1) is 0 Å². The van der Waals surface area contributed by atoms with Crippen LogP contribution in [0.4, 0.5) is 4.39 Å². The molecule has 0 amide bonds. The van der Waals surface area contributed by atoms with E-state index in [4.69, 9.17) is 5.73 Å². The van der Waals surface area contributed by atoms with Crippen LogP contribution in [0.25, 0.3) is 0 Å². The van der Waals surface area contributed by atoms with Gasteiger partial charge in [0.2, 0.25) is 0 Å².